The summed E-state index contributed by atoms with van der Waals surface area (Å²) in [7, 11) is 1.73. The highest BCUT2D eigenvalue weighted by atomic mass is 32.1. The minimum atomic E-state index is 0.144. The minimum absolute atomic E-state index is 0.144. The summed E-state index contributed by atoms with van der Waals surface area (Å²) < 4.78 is 5.16. The number of hydrogen-bond acceptors (Lipinski definition) is 4. The molecule has 114 valence electrons. The fourth-order valence-corrected chi connectivity index (χ4v) is 3.55. The van der Waals surface area contributed by atoms with Crippen molar-refractivity contribution in [3.63, 3.8) is 0 Å². The molecule has 3 nitrogen and oxygen atoms in total. The molecule has 1 unspecified atom stereocenters. The maximum Gasteiger partial charge on any atom is 0.115 e. The second-order valence-corrected chi connectivity index (χ2v) is 6.38. The molecule has 0 saturated carbocycles. The molecule has 0 aliphatic rings. The van der Waals surface area contributed by atoms with Gasteiger partial charge in [0.1, 0.15) is 5.01 Å². The van der Waals surface area contributed by atoms with Gasteiger partial charge in [-0.1, -0.05) is 31.2 Å². The standard InChI is InChI=1S/C17H24N2OS/c1-5-15-13(3)21-17(19-15)16(18-10-11-20-4)14-9-7-6-8-12(14)2/h6-9,16,18H,5,10-11H2,1-4H3. The molecule has 0 aliphatic heterocycles. The molecule has 0 spiro atoms. The summed E-state index contributed by atoms with van der Waals surface area (Å²) in [5.74, 6) is 0. The third-order valence-corrected chi connectivity index (χ3v) is 4.72. The number of rotatable bonds is 7. The lowest BCUT2D eigenvalue weighted by molar-refractivity contribution is 0.197. The molecule has 1 heterocycles. The van der Waals surface area contributed by atoms with Crippen molar-refractivity contribution in [2.45, 2.75) is 33.2 Å². The van der Waals surface area contributed by atoms with Crippen LogP contribution >= 0.6 is 11.3 Å². The number of methoxy groups -OCH3 is 1. The van der Waals surface area contributed by atoms with Crippen LogP contribution in [0, 0.1) is 13.8 Å². The van der Waals surface area contributed by atoms with Crippen molar-refractivity contribution in [2.75, 3.05) is 20.3 Å². The second kappa shape index (κ2) is 7.69. The van der Waals surface area contributed by atoms with E-state index in [0.717, 1.165) is 18.0 Å². The van der Waals surface area contributed by atoms with E-state index in [-0.39, 0.29) is 6.04 Å². The van der Waals surface area contributed by atoms with Crippen LogP contribution in [-0.2, 0) is 11.2 Å². The number of hydrogen-bond donors (Lipinski definition) is 1. The van der Waals surface area contributed by atoms with E-state index in [1.165, 1.54) is 21.7 Å². The van der Waals surface area contributed by atoms with Gasteiger partial charge in [-0.05, 0) is 31.4 Å². The average molecular weight is 304 g/mol. The molecule has 0 aliphatic carbocycles. The Labute approximate surface area is 131 Å². The van der Waals surface area contributed by atoms with Crippen molar-refractivity contribution >= 4 is 11.3 Å². The van der Waals surface area contributed by atoms with Gasteiger partial charge in [-0.3, -0.25) is 0 Å². The number of thiazole rings is 1. The molecule has 4 heteroatoms. The summed E-state index contributed by atoms with van der Waals surface area (Å²) >= 11 is 1.79. The van der Waals surface area contributed by atoms with Gasteiger partial charge in [0.15, 0.2) is 0 Å². The molecule has 0 saturated heterocycles. The van der Waals surface area contributed by atoms with Crippen LogP contribution in [-0.4, -0.2) is 25.2 Å². The normalized spacial score (nSPS) is 12.6. The molecule has 2 rings (SSSR count). The number of nitrogens with one attached hydrogen (secondary N) is 1. The third kappa shape index (κ3) is 3.90. The van der Waals surface area contributed by atoms with Gasteiger partial charge in [0.25, 0.3) is 0 Å². The van der Waals surface area contributed by atoms with Gasteiger partial charge in [-0.25, -0.2) is 4.98 Å². The van der Waals surface area contributed by atoms with Crippen molar-refractivity contribution in [3.05, 3.63) is 51.0 Å². The summed E-state index contributed by atoms with van der Waals surface area (Å²) in [6.45, 7) is 7.99. The zero-order valence-corrected chi connectivity index (χ0v) is 14.1. The van der Waals surface area contributed by atoms with Crippen LogP contribution in [0.4, 0.5) is 0 Å². The predicted molar refractivity (Wildman–Crippen MR) is 89.1 cm³/mol. The maximum absolute atomic E-state index is 5.16. The number of aromatic nitrogens is 1. The average Bonchev–Trinajstić information content (AvgIpc) is 2.86. The van der Waals surface area contributed by atoms with E-state index in [1.54, 1.807) is 18.4 Å². The first-order valence-electron chi connectivity index (χ1n) is 7.41. The Hall–Kier alpha value is -1.23. The van der Waals surface area contributed by atoms with Crippen molar-refractivity contribution in [1.29, 1.82) is 0 Å². The number of ether oxygens (including phenoxy) is 1. The third-order valence-electron chi connectivity index (χ3n) is 3.65. The molecule has 0 radical (unpaired) electrons. The van der Waals surface area contributed by atoms with Gasteiger partial charge in [-0.15, -0.1) is 11.3 Å². The summed E-state index contributed by atoms with van der Waals surface area (Å²) in [5.41, 5.74) is 3.80. The van der Waals surface area contributed by atoms with E-state index in [1.807, 2.05) is 0 Å². The van der Waals surface area contributed by atoms with E-state index in [2.05, 4.69) is 50.4 Å². The smallest absolute Gasteiger partial charge is 0.115 e. The molecule has 0 bridgehead atoms. The van der Waals surface area contributed by atoms with Gasteiger partial charge in [-0.2, -0.15) is 0 Å². The Morgan fingerprint density at radius 1 is 1.29 bits per heavy atom. The summed E-state index contributed by atoms with van der Waals surface area (Å²) in [4.78, 5) is 6.16. The SMILES string of the molecule is CCc1nc(C(NCCOC)c2ccccc2C)sc1C. The van der Waals surface area contributed by atoms with Crippen LogP contribution in [0.2, 0.25) is 0 Å². The molecular formula is C17H24N2OS. The van der Waals surface area contributed by atoms with Crippen LogP contribution in [0.5, 0.6) is 0 Å². The van der Waals surface area contributed by atoms with Gasteiger partial charge < -0.3 is 10.1 Å². The fraction of sp³-hybridized carbons (Fsp3) is 0.471. The Morgan fingerprint density at radius 2 is 2.05 bits per heavy atom. The van der Waals surface area contributed by atoms with Gasteiger partial charge in [0.2, 0.25) is 0 Å². The van der Waals surface area contributed by atoms with E-state index in [9.17, 15) is 0 Å². The predicted octanol–water partition coefficient (Wildman–Crippen LogP) is 3.65. The molecular weight excluding hydrogens is 280 g/mol. The number of aryl methyl sites for hydroxylation is 3. The summed E-state index contributed by atoms with van der Waals surface area (Å²) in [6, 6.07) is 8.65. The first-order chi connectivity index (χ1) is 10.2. The lowest BCUT2D eigenvalue weighted by Gasteiger charge is -2.19. The van der Waals surface area contributed by atoms with Gasteiger partial charge >= 0.3 is 0 Å². The molecule has 0 amide bonds. The topological polar surface area (TPSA) is 34.2 Å². The second-order valence-electron chi connectivity index (χ2n) is 5.15. The van der Waals surface area contributed by atoms with Crippen LogP contribution in [0.15, 0.2) is 24.3 Å². The zero-order chi connectivity index (χ0) is 15.2. The maximum atomic E-state index is 5.16. The molecule has 1 aromatic heterocycles. The monoisotopic (exact) mass is 304 g/mol. The first kappa shape index (κ1) is 16.1. The van der Waals surface area contributed by atoms with Gasteiger partial charge in [0.05, 0.1) is 18.3 Å². The van der Waals surface area contributed by atoms with Crippen molar-refractivity contribution in [3.8, 4) is 0 Å². The Balaban J connectivity index is 2.33. The Morgan fingerprint density at radius 3 is 2.67 bits per heavy atom. The fourth-order valence-electron chi connectivity index (χ4n) is 2.45. The Kier molecular flexibility index (Phi) is 5.91. The highest BCUT2D eigenvalue weighted by molar-refractivity contribution is 7.11. The number of nitrogens with zero attached hydrogens (tertiary/aromatic N) is 1. The van der Waals surface area contributed by atoms with Crippen LogP contribution in [0.25, 0.3) is 0 Å². The molecule has 0 fully saturated rings. The minimum Gasteiger partial charge on any atom is -0.383 e. The van der Waals surface area contributed by atoms with Crippen LogP contribution in [0.1, 0.15) is 39.7 Å². The van der Waals surface area contributed by atoms with E-state index in [4.69, 9.17) is 9.72 Å². The van der Waals surface area contributed by atoms with Crippen molar-refractivity contribution in [2.24, 2.45) is 0 Å². The molecule has 2 aromatic rings. The molecule has 1 N–H and O–H groups in total. The van der Waals surface area contributed by atoms with Gasteiger partial charge in [0, 0.05) is 18.5 Å². The highest BCUT2D eigenvalue weighted by Gasteiger charge is 2.20. The largest absolute Gasteiger partial charge is 0.383 e. The lowest BCUT2D eigenvalue weighted by Crippen LogP contribution is -2.26. The van der Waals surface area contributed by atoms with Crippen molar-refractivity contribution < 1.29 is 4.74 Å². The van der Waals surface area contributed by atoms with E-state index >= 15 is 0 Å². The quantitative estimate of drug-likeness (QED) is 0.793. The first-order valence-corrected chi connectivity index (χ1v) is 8.23. The van der Waals surface area contributed by atoms with E-state index < -0.39 is 0 Å². The van der Waals surface area contributed by atoms with Crippen LogP contribution < -0.4 is 5.32 Å². The number of benzene rings is 1. The van der Waals surface area contributed by atoms with Crippen molar-refractivity contribution in [1.82, 2.24) is 10.3 Å². The highest BCUT2D eigenvalue weighted by Crippen LogP contribution is 2.30. The molecule has 21 heavy (non-hydrogen) atoms. The molecule has 1 aromatic carbocycles. The summed E-state index contributed by atoms with van der Waals surface area (Å²) in [6.07, 6.45) is 0.987. The zero-order valence-electron chi connectivity index (χ0n) is 13.3. The van der Waals surface area contributed by atoms with Crippen LogP contribution in [0.3, 0.4) is 0 Å². The lowest BCUT2D eigenvalue weighted by atomic mass is 10.0. The van der Waals surface area contributed by atoms with E-state index in [0.29, 0.717) is 6.61 Å². The summed E-state index contributed by atoms with van der Waals surface area (Å²) in [5, 5.41) is 4.73. The Bertz CT molecular complexity index is 580. The molecule has 1 atom stereocenters.